The van der Waals surface area contributed by atoms with E-state index in [9.17, 15) is 0 Å². The Bertz CT molecular complexity index is 327. The van der Waals surface area contributed by atoms with Gasteiger partial charge in [-0.3, -0.25) is 0 Å². The molecule has 3 aliphatic rings. The van der Waals surface area contributed by atoms with Gasteiger partial charge >= 0.3 is 0 Å². The van der Waals surface area contributed by atoms with Gasteiger partial charge in [0.15, 0.2) is 0 Å². The van der Waals surface area contributed by atoms with Crippen molar-refractivity contribution in [2.75, 3.05) is 19.6 Å². The molecular weight excluding hydrogens is 232 g/mol. The molecule has 1 aliphatic heterocycles. The maximum atomic E-state index is 4.03. The van der Waals surface area contributed by atoms with E-state index in [1.807, 2.05) is 0 Å². The predicted molar refractivity (Wildman–Crippen MR) is 81.3 cm³/mol. The highest BCUT2D eigenvalue weighted by Gasteiger charge is 2.59. The van der Waals surface area contributed by atoms with Gasteiger partial charge in [0.2, 0.25) is 0 Å². The summed E-state index contributed by atoms with van der Waals surface area (Å²) in [6.45, 7) is 13.8. The highest BCUT2D eigenvalue weighted by Crippen LogP contribution is 2.62. The Kier molecular flexibility index (Phi) is 3.46. The fourth-order valence-electron chi connectivity index (χ4n) is 5.41. The normalized spacial score (nSPS) is 42.9. The summed E-state index contributed by atoms with van der Waals surface area (Å²) in [5.41, 5.74) is 1.06. The lowest BCUT2D eigenvalue weighted by molar-refractivity contribution is 0.0949. The van der Waals surface area contributed by atoms with Crippen molar-refractivity contribution in [3.8, 4) is 0 Å². The van der Waals surface area contributed by atoms with E-state index in [0.29, 0.717) is 16.9 Å². The molecule has 2 heteroatoms. The third kappa shape index (κ3) is 2.35. The van der Waals surface area contributed by atoms with Crippen LogP contribution in [0.25, 0.3) is 0 Å². The summed E-state index contributed by atoms with van der Waals surface area (Å²) >= 11 is 0. The predicted octanol–water partition coefficient (Wildman–Crippen LogP) is 3.28. The Labute approximate surface area is 119 Å². The summed E-state index contributed by atoms with van der Waals surface area (Å²) in [4.78, 5) is 2.64. The number of hydrogen-bond acceptors (Lipinski definition) is 2. The van der Waals surface area contributed by atoms with Gasteiger partial charge in [0.05, 0.1) is 0 Å². The van der Waals surface area contributed by atoms with E-state index in [1.54, 1.807) is 0 Å². The third-order valence-corrected chi connectivity index (χ3v) is 6.45. The largest absolute Gasteiger partial charge is 0.309 e. The zero-order valence-corrected chi connectivity index (χ0v) is 13.3. The van der Waals surface area contributed by atoms with Crippen LogP contribution < -0.4 is 5.32 Å². The van der Waals surface area contributed by atoms with Gasteiger partial charge in [-0.15, -0.1) is 0 Å². The molecule has 2 bridgehead atoms. The van der Waals surface area contributed by atoms with Crippen molar-refractivity contribution >= 4 is 0 Å². The molecule has 4 atom stereocenters. The van der Waals surface area contributed by atoms with Gasteiger partial charge in [-0.25, -0.2) is 0 Å². The van der Waals surface area contributed by atoms with Crippen LogP contribution in [-0.4, -0.2) is 36.6 Å². The molecule has 3 rings (SSSR count). The number of nitrogens with one attached hydrogen (secondary N) is 1. The van der Waals surface area contributed by atoms with Crippen molar-refractivity contribution in [3.63, 3.8) is 0 Å². The molecule has 0 aromatic rings. The van der Waals surface area contributed by atoms with E-state index in [1.165, 1.54) is 51.7 Å². The summed E-state index contributed by atoms with van der Waals surface area (Å²) in [6.07, 6.45) is 7.16. The first-order chi connectivity index (χ1) is 8.92. The van der Waals surface area contributed by atoms with Gasteiger partial charge in [0.1, 0.15) is 0 Å². The molecule has 0 radical (unpaired) electrons. The SMILES string of the molecule is CC(CN1CCCC1)NC1C(C)(C)[C@H]2CC[C@]1(C)C2. The summed E-state index contributed by atoms with van der Waals surface area (Å²) in [7, 11) is 0. The number of likely N-dealkylation sites (tertiary alicyclic amines) is 1. The standard InChI is InChI=1S/C17H32N2/c1-13(12-19-9-5-6-10-19)18-15-16(2,3)14-7-8-17(15,4)11-14/h13-15,18H,5-12H2,1-4H3/t13?,14-,15?,17+/m0/s1. The van der Waals surface area contributed by atoms with Crippen molar-refractivity contribution in [1.82, 2.24) is 10.2 Å². The zero-order chi connectivity index (χ0) is 13.7. The van der Waals surface area contributed by atoms with E-state index in [4.69, 9.17) is 0 Å². The van der Waals surface area contributed by atoms with Crippen LogP contribution in [-0.2, 0) is 0 Å². The zero-order valence-electron chi connectivity index (χ0n) is 13.3. The average molecular weight is 264 g/mol. The van der Waals surface area contributed by atoms with Crippen LogP contribution in [0.1, 0.15) is 59.8 Å². The first-order valence-electron chi connectivity index (χ1n) is 8.40. The lowest BCUT2D eigenvalue weighted by Gasteiger charge is -2.45. The molecule has 0 amide bonds. The quantitative estimate of drug-likeness (QED) is 0.838. The van der Waals surface area contributed by atoms with Crippen LogP contribution >= 0.6 is 0 Å². The minimum Gasteiger partial charge on any atom is -0.309 e. The van der Waals surface area contributed by atoms with Gasteiger partial charge in [0.25, 0.3) is 0 Å². The first kappa shape index (κ1) is 13.9. The van der Waals surface area contributed by atoms with Gasteiger partial charge in [0, 0.05) is 18.6 Å². The van der Waals surface area contributed by atoms with E-state index in [0.717, 1.165) is 12.0 Å². The molecular formula is C17H32N2. The van der Waals surface area contributed by atoms with E-state index in [2.05, 4.69) is 37.9 Å². The molecule has 1 heterocycles. The number of rotatable bonds is 4. The Morgan fingerprint density at radius 1 is 1.21 bits per heavy atom. The van der Waals surface area contributed by atoms with Crippen LogP contribution in [0.5, 0.6) is 0 Å². The van der Waals surface area contributed by atoms with Gasteiger partial charge < -0.3 is 10.2 Å². The van der Waals surface area contributed by atoms with Crippen LogP contribution in [0, 0.1) is 16.7 Å². The molecule has 3 fully saturated rings. The summed E-state index contributed by atoms with van der Waals surface area (Å²) in [6, 6.07) is 1.36. The topological polar surface area (TPSA) is 15.3 Å². The fourth-order valence-corrected chi connectivity index (χ4v) is 5.41. The van der Waals surface area contributed by atoms with Crippen LogP contribution in [0.2, 0.25) is 0 Å². The monoisotopic (exact) mass is 264 g/mol. The molecule has 0 aromatic carbocycles. The molecule has 2 aliphatic carbocycles. The first-order valence-corrected chi connectivity index (χ1v) is 8.40. The lowest BCUT2D eigenvalue weighted by atomic mass is 9.68. The highest BCUT2D eigenvalue weighted by molar-refractivity contribution is 5.12. The maximum absolute atomic E-state index is 4.03. The minimum absolute atomic E-state index is 0.492. The molecule has 110 valence electrons. The second-order valence-electron chi connectivity index (χ2n) is 8.42. The Balaban J connectivity index is 1.62. The number of fused-ring (bicyclic) bond motifs is 2. The molecule has 2 nitrogen and oxygen atoms in total. The Hall–Kier alpha value is -0.0800. The van der Waals surface area contributed by atoms with Crippen molar-refractivity contribution in [2.45, 2.75) is 71.9 Å². The maximum Gasteiger partial charge on any atom is 0.0178 e. The second kappa shape index (κ2) is 4.73. The average Bonchev–Trinajstić information content (AvgIpc) is 2.98. The fraction of sp³-hybridized carbons (Fsp3) is 1.00. The van der Waals surface area contributed by atoms with Crippen molar-refractivity contribution < 1.29 is 0 Å². The smallest absolute Gasteiger partial charge is 0.0178 e. The molecule has 1 saturated heterocycles. The molecule has 2 unspecified atom stereocenters. The molecule has 19 heavy (non-hydrogen) atoms. The molecule has 0 aromatic heterocycles. The van der Waals surface area contributed by atoms with E-state index in [-0.39, 0.29) is 0 Å². The van der Waals surface area contributed by atoms with Gasteiger partial charge in [-0.1, -0.05) is 20.8 Å². The Morgan fingerprint density at radius 2 is 1.89 bits per heavy atom. The molecule has 0 spiro atoms. The summed E-state index contributed by atoms with van der Waals surface area (Å²) in [5, 5.41) is 4.03. The number of hydrogen-bond donors (Lipinski definition) is 1. The number of nitrogens with zero attached hydrogens (tertiary/aromatic N) is 1. The van der Waals surface area contributed by atoms with Crippen molar-refractivity contribution in [2.24, 2.45) is 16.7 Å². The van der Waals surface area contributed by atoms with Crippen LogP contribution in [0.3, 0.4) is 0 Å². The second-order valence-corrected chi connectivity index (χ2v) is 8.42. The highest BCUT2D eigenvalue weighted by atomic mass is 15.2. The summed E-state index contributed by atoms with van der Waals surface area (Å²) in [5.74, 6) is 0.953. The third-order valence-electron chi connectivity index (χ3n) is 6.45. The van der Waals surface area contributed by atoms with Crippen LogP contribution in [0.15, 0.2) is 0 Å². The van der Waals surface area contributed by atoms with Crippen molar-refractivity contribution in [3.05, 3.63) is 0 Å². The van der Waals surface area contributed by atoms with Crippen molar-refractivity contribution in [1.29, 1.82) is 0 Å². The van der Waals surface area contributed by atoms with E-state index < -0.39 is 0 Å². The van der Waals surface area contributed by atoms with Crippen LogP contribution in [0.4, 0.5) is 0 Å². The minimum atomic E-state index is 0.492. The van der Waals surface area contributed by atoms with Gasteiger partial charge in [-0.05, 0) is 68.9 Å². The Morgan fingerprint density at radius 3 is 2.47 bits per heavy atom. The van der Waals surface area contributed by atoms with Gasteiger partial charge in [-0.2, -0.15) is 0 Å². The van der Waals surface area contributed by atoms with E-state index >= 15 is 0 Å². The summed E-state index contributed by atoms with van der Waals surface area (Å²) < 4.78 is 0. The molecule has 1 N–H and O–H groups in total. The molecule has 2 saturated carbocycles. The lowest BCUT2D eigenvalue weighted by Crippen LogP contribution is -2.55.